The van der Waals surface area contributed by atoms with Crippen LogP contribution < -0.4 is 10.6 Å². The molecule has 6 heteroatoms. The van der Waals surface area contributed by atoms with E-state index >= 15 is 0 Å². The van der Waals surface area contributed by atoms with Gasteiger partial charge in [-0.3, -0.25) is 4.79 Å². The molecule has 0 spiro atoms. The van der Waals surface area contributed by atoms with E-state index in [0.717, 1.165) is 52.6 Å². The zero-order valence-corrected chi connectivity index (χ0v) is 14.3. The van der Waals surface area contributed by atoms with Gasteiger partial charge < -0.3 is 10.6 Å². The van der Waals surface area contributed by atoms with E-state index < -0.39 is 0 Å². The van der Waals surface area contributed by atoms with Crippen molar-refractivity contribution in [1.29, 1.82) is 0 Å². The van der Waals surface area contributed by atoms with E-state index in [1.54, 1.807) is 0 Å². The molecule has 1 aliphatic heterocycles. The van der Waals surface area contributed by atoms with Crippen molar-refractivity contribution < 1.29 is 4.79 Å². The van der Waals surface area contributed by atoms with Crippen LogP contribution in [0.1, 0.15) is 51.8 Å². The number of nitrogens with zero attached hydrogens (tertiary/aromatic N) is 2. The highest BCUT2D eigenvalue weighted by molar-refractivity contribution is 6.31. The topological polar surface area (TPSA) is 66.9 Å². The molecule has 1 aromatic heterocycles. The zero-order valence-electron chi connectivity index (χ0n) is 13.5. The summed E-state index contributed by atoms with van der Waals surface area (Å²) < 4.78 is 0. The van der Waals surface area contributed by atoms with E-state index in [1.807, 2.05) is 19.1 Å². The van der Waals surface area contributed by atoms with Gasteiger partial charge in [0, 0.05) is 29.6 Å². The number of benzene rings is 1. The molecule has 1 aromatic carbocycles. The summed E-state index contributed by atoms with van der Waals surface area (Å²) in [5.74, 6) is 1.88. The Morgan fingerprint density at radius 2 is 2.17 bits per heavy atom. The Balaban J connectivity index is 1.66. The molecule has 2 N–H and O–H groups in total. The van der Waals surface area contributed by atoms with Crippen LogP contribution in [0.4, 0.5) is 5.82 Å². The summed E-state index contributed by atoms with van der Waals surface area (Å²) in [6.07, 6.45) is 2.96. The minimum Gasteiger partial charge on any atom is -0.366 e. The lowest BCUT2D eigenvalue weighted by Crippen LogP contribution is -2.34. The van der Waals surface area contributed by atoms with Crippen molar-refractivity contribution in [3.05, 3.63) is 51.4 Å². The van der Waals surface area contributed by atoms with E-state index in [9.17, 15) is 4.79 Å². The van der Waals surface area contributed by atoms with Crippen LogP contribution in [-0.4, -0.2) is 22.4 Å². The van der Waals surface area contributed by atoms with Crippen LogP contribution in [0.25, 0.3) is 0 Å². The van der Waals surface area contributed by atoms with Gasteiger partial charge >= 0.3 is 0 Å². The van der Waals surface area contributed by atoms with Gasteiger partial charge in [0.05, 0.1) is 0 Å². The molecule has 1 fully saturated rings. The molecular weight excluding hydrogens is 324 g/mol. The highest BCUT2D eigenvalue weighted by Crippen LogP contribution is 2.39. The first-order valence-corrected chi connectivity index (χ1v) is 8.68. The average molecular weight is 343 g/mol. The molecule has 1 saturated carbocycles. The summed E-state index contributed by atoms with van der Waals surface area (Å²) in [6.45, 7) is 3.27. The lowest BCUT2D eigenvalue weighted by atomic mass is 10.1. The van der Waals surface area contributed by atoms with Gasteiger partial charge in [-0.1, -0.05) is 23.7 Å². The van der Waals surface area contributed by atoms with Crippen LogP contribution in [0.5, 0.6) is 0 Å². The number of hydrogen-bond donors (Lipinski definition) is 2. The molecule has 1 amide bonds. The number of nitrogens with one attached hydrogen (secondary N) is 2. The van der Waals surface area contributed by atoms with Crippen LogP contribution in [0.15, 0.2) is 18.2 Å². The third kappa shape index (κ3) is 2.84. The van der Waals surface area contributed by atoms with E-state index in [1.165, 1.54) is 0 Å². The molecule has 0 bridgehead atoms. The van der Waals surface area contributed by atoms with Crippen LogP contribution in [0.3, 0.4) is 0 Å². The molecule has 2 heterocycles. The summed E-state index contributed by atoms with van der Waals surface area (Å²) in [5, 5.41) is 7.04. The van der Waals surface area contributed by atoms with E-state index in [-0.39, 0.29) is 5.91 Å². The average Bonchev–Trinajstić information content (AvgIpc) is 3.41. The van der Waals surface area contributed by atoms with Gasteiger partial charge in [0.25, 0.3) is 5.91 Å². The molecule has 0 saturated heterocycles. The number of hydrogen-bond acceptors (Lipinski definition) is 4. The second kappa shape index (κ2) is 6.06. The molecule has 0 radical (unpaired) electrons. The maximum atomic E-state index is 12.2. The molecule has 24 heavy (non-hydrogen) atoms. The maximum Gasteiger partial charge on any atom is 0.270 e. The number of halogens is 1. The van der Waals surface area contributed by atoms with Crippen LogP contribution in [0, 0.1) is 6.92 Å². The first-order valence-electron chi connectivity index (χ1n) is 8.30. The fraction of sp³-hybridized carbons (Fsp3) is 0.389. The third-order valence-corrected chi connectivity index (χ3v) is 5.08. The zero-order chi connectivity index (χ0) is 16.7. The Bertz CT molecular complexity index is 817. The quantitative estimate of drug-likeness (QED) is 0.895. The predicted octanol–water partition coefficient (Wildman–Crippen LogP) is 3.21. The summed E-state index contributed by atoms with van der Waals surface area (Å²) in [5.41, 5.74) is 3.64. The Kier molecular flexibility index (Phi) is 3.88. The van der Waals surface area contributed by atoms with Crippen molar-refractivity contribution in [2.24, 2.45) is 0 Å². The summed E-state index contributed by atoms with van der Waals surface area (Å²) in [6, 6.07) is 5.89. The molecule has 124 valence electrons. The van der Waals surface area contributed by atoms with Crippen molar-refractivity contribution in [1.82, 2.24) is 15.3 Å². The van der Waals surface area contributed by atoms with Crippen molar-refractivity contribution in [3.63, 3.8) is 0 Å². The second-order valence-electron chi connectivity index (χ2n) is 6.42. The summed E-state index contributed by atoms with van der Waals surface area (Å²) in [4.78, 5) is 21.4. The lowest BCUT2D eigenvalue weighted by molar-refractivity contribution is 0.0940. The number of carbonyl (C=O) groups is 1. The predicted molar refractivity (Wildman–Crippen MR) is 93.6 cm³/mol. The van der Waals surface area contributed by atoms with Gasteiger partial charge in [-0.2, -0.15) is 0 Å². The fourth-order valence-electron chi connectivity index (χ4n) is 3.00. The number of anilines is 1. The largest absolute Gasteiger partial charge is 0.366 e. The first-order chi connectivity index (χ1) is 11.6. The van der Waals surface area contributed by atoms with Gasteiger partial charge in [-0.05, 0) is 43.4 Å². The Morgan fingerprint density at radius 3 is 2.96 bits per heavy atom. The summed E-state index contributed by atoms with van der Waals surface area (Å²) in [7, 11) is 0. The van der Waals surface area contributed by atoms with Gasteiger partial charge in [0.2, 0.25) is 0 Å². The van der Waals surface area contributed by atoms with Gasteiger partial charge in [-0.15, -0.1) is 0 Å². The smallest absolute Gasteiger partial charge is 0.270 e. The van der Waals surface area contributed by atoms with Crippen LogP contribution >= 0.6 is 11.6 Å². The van der Waals surface area contributed by atoms with Crippen molar-refractivity contribution in [2.75, 3.05) is 11.9 Å². The van der Waals surface area contributed by atoms with Crippen LogP contribution in [0.2, 0.25) is 5.02 Å². The minimum absolute atomic E-state index is 0.0949. The number of aromatic nitrogens is 2. The number of fused-ring (bicyclic) bond motifs is 1. The van der Waals surface area contributed by atoms with Crippen molar-refractivity contribution in [3.8, 4) is 0 Å². The second-order valence-corrected chi connectivity index (χ2v) is 6.82. The van der Waals surface area contributed by atoms with Gasteiger partial charge in [0.15, 0.2) is 0 Å². The lowest BCUT2D eigenvalue weighted by Gasteiger charge is -2.20. The summed E-state index contributed by atoms with van der Waals surface area (Å²) >= 11 is 6.20. The van der Waals surface area contributed by atoms with Crippen LogP contribution in [-0.2, 0) is 13.0 Å². The number of amides is 1. The Morgan fingerprint density at radius 1 is 1.33 bits per heavy atom. The first kappa shape index (κ1) is 15.4. The Hall–Kier alpha value is -2.14. The molecular formula is C18H19ClN4O. The highest BCUT2D eigenvalue weighted by Gasteiger charge is 2.31. The van der Waals surface area contributed by atoms with E-state index in [2.05, 4.69) is 21.7 Å². The van der Waals surface area contributed by atoms with Gasteiger partial charge in [-0.25, -0.2) is 9.97 Å². The number of rotatable bonds is 4. The normalized spacial score (nSPS) is 16.5. The fourth-order valence-corrected chi connectivity index (χ4v) is 3.20. The highest BCUT2D eigenvalue weighted by atomic mass is 35.5. The van der Waals surface area contributed by atoms with E-state index in [4.69, 9.17) is 16.6 Å². The monoisotopic (exact) mass is 342 g/mol. The molecule has 4 rings (SSSR count). The molecule has 0 atom stereocenters. The SMILES string of the molecule is Cc1c(Cl)cccc1CNc1nc(C2CC2)nc2c1CCNC2=O. The third-order valence-electron chi connectivity index (χ3n) is 4.67. The Labute approximate surface area is 145 Å². The number of carbonyl (C=O) groups excluding carboxylic acids is 1. The van der Waals surface area contributed by atoms with Gasteiger partial charge in [0.1, 0.15) is 17.3 Å². The minimum atomic E-state index is -0.0949. The molecule has 0 unspecified atom stereocenters. The molecule has 1 aliphatic carbocycles. The molecule has 2 aromatic rings. The standard InChI is InChI=1S/C18H19ClN4O/c1-10-12(3-2-4-14(10)19)9-21-17-13-7-8-20-18(24)15(13)22-16(23-17)11-5-6-11/h2-4,11H,5-9H2,1H3,(H,20,24)(H,21,22,23). The molecule has 2 aliphatic rings. The van der Waals surface area contributed by atoms with Crippen molar-refractivity contribution in [2.45, 2.75) is 38.6 Å². The molecule has 5 nitrogen and oxygen atoms in total. The maximum absolute atomic E-state index is 12.2. The van der Waals surface area contributed by atoms with E-state index in [0.29, 0.717) is 24.7 Å². The van der Waals surface area contributed by atoms with Crippen molar-refractivity contribution >= 4 is 23.3 Å².